The van der Waals surface area contributed by atoms with Crippen LogP contribution in [0.4, 0.5) is 5.69 Å². The van der Waals surface area contributed by atoms with Gasteiger partial charge in [0.05, 0.1) is 0 Å². The van der Waals surface area contributed by atoms with Crippen molar-refractivity contribution in [1.29, 1.82) is 0 Å². The standard InChI is InChI=1S/C16H14ClNO3/c1-11(19)21-15(12-5-3-2-4-6-12)16(20)18-14-9-7-13(17)8-10-14/h2-10,15H,1H3,(H,18,20). The van der Waals surface area contributed by atoms with Crippen LogP contribution >= 0.6 is 11.6 Å². The number of anilines is 1. The molecular formula is C16H14ClNO3. The molecule has 2 aromatic rings. The van der Waals surface area contributed by atoms with Gasteiger partial charge in [-0.1, -0.05) is 41.9 Å². The minimum atomic E-state index is -0.987. The number of esters is 1. The number of carbonyl (C=O) groups excluding carboxylic acids is 2. The Morgan fingerprint density at radius 1 is 1.05 bits per heavy atom. The molecule has 0 fully saturated rings. The van der Waals surface area contributed by atoms with Crippen LogP contribution in [0.15, 0.2) is 54.6 Å². The van der Waals surface area contributed by atoms with E-state index >= 15 is 0 Å². The van der Waals surface area contributed by atoms with Crippen LogP contribution in [-0.4, -0.2) is 11.9 Å². The number of halogens is 1. The molecule has 5 heteroatoms. The third-order valence-corrected chi connectivity index (χ3v) is 2.99. The Bertz CT molecular complexity index is 626. The highest BCUT2D eigenvalue weighted by atomic mass is 35.5. The molecule has 0 aromatic heterocycles. The van der Waals surface area contributed by atoms with Crippen LogP contribution < -0.4 is 5.32 Å². The Morgan fingerprint density at radius 3 is 2.24 bits per heavy atom. The number of benzene rings is 2. The number of hydrogen-bond donors (Lipinski definition) is 1. The number of ether oxygens (including phenoxy) is 1. The fourth-order valence-corrected chi connectivity index (χ4v) is 1.93. The summed E-state index contributed by atoms with van der Waals surface area (Å²) in [6.45, 7) is 1.27. The Balaban J connectivity index is 2.18. The Kier molecular flexibility index (Phi) is 4.95. The van der Waals surface area contributed by atoms with Crippen LogP contribution in [-0.2, 0) is 14.3 Å². The van der Waals surface area contributed by atoms with Crippen LogP contribution in [0.5, 0.6) is 0 Å². The van der Waals surface area contributed by atoms with E-state index < -0.39 is 18.0 Å². The van der Waals surface area contributed by atoms with Gasteiger partial charge >= 0.3 is 5.97 Å². The van der Waals surface area contributed by atoms with Gasteiger partial charge in [-0.2, -0.15) is 0 Å². The maximum Gasteiger partial charge on any atom is 0.303 e. The van der Waals surface area contributed by atoms with Crippen LogP contribution in [0.25, 0.3) is 0 Å². The largest absolute Gasteiger partial charge is 0.447 e. The van der Waals surface area contributed by atoms with Crippen molar-refractivity contribution in [3.05, 3.63) is 65.2 Å². The maximum atomic E-state index is 12.3. The molecule has 0 saturated heterocycles. The van der Waals surface area contributed by atoms with E-state index in [-0.39, 0.29) is 0 Å². The first-order valence-electron chi connectivity index (χ1n) is 6.35. The maximum absolute atomic E-state index is 12.3. The molecule has 0 heterocycles. The zero-order valence-electron chi connectivity index (χ0n) is 11.4. The van der Waals surface area contributed by atoms with Crippen LogP contribution in [0, 0.1) is 0 Å². The number of nitrogens with one attached hydrogen (secondary N) is 1. The summed E-state index contributed by atoms with van der Waals surface area (Å²) < 4.78 is 5.12. The van der Waals surface area contributed by atoms with Gasteiger partial charge in [0.25, 0.3) is 5.91 Å². The summed E-state index contributed by atoms with van der Waals surface area (Å²) in [5.41, 5.74) is 1.19. The Hall–Kier alpha value is -2.33. The molecular weight excluding hydrogens is 290 g/mol. The molecule has 2 rings (SSSR count). The lowest BCUT2D eigenvalue weighted by Crippen LogP contribution is -2.25. The minimum Gasteiger partial charge on any atom is -0.447 e. The summed E-state index contributed by atoms with van der Waals surface area (Å²) in [5.74, 6) is -0.936. The fraction of sp³-hybridized carbons (Fsp3) is 0.125. The van der Waals surface area contributed by atoms with Gasteiger partial charge in [0, 0.05) is 23.2 Å². The second kappa shape index (κ2) is 6.90. The van der Waals surface area contributed by atoms with Gasteiger partial charge in [-0.3, -0.25) is 9.59 Å². The van der Waals surface area contributed by atoms with E-state index in [9.17, 15) is 9.59 Å². The molecule has 0 saturated carbocycles. The lowest BCUT2D eigenvalue weighted by molar-refractivity contribution is -0.152. The Morgan fingerprint density at radius 2 is 1.67 bits per heavy atom. The quantitative estimate of drug-likeness (QED) is 0.878. The van der Waals surface area contributed by atoms with Gasteiger partial charge in [0.1, 0.15) is 0 Å². The lowest BCUT2D eigenvalue weighted by Gasteiger charge is -2.17. The number of hydrogen-bond acceptors (Lipinski definition) is 3. The van der Waals surface area contributed by atoms with Crippen molar-refractivity contribution in [2.24, 2.45) is 0 Å². The molecule has 0 aliphatic rings. The highest BCUT2D eigenvalue weighted by Gasteiger charge is 2.23. The first-order chi connectivity index (χ1) is 10.1. The minimum absolute atomic E-state index is 0.418. The second-order valence-corrected chi connectivity index (χ2v) is 4.83. The fourth-order valence-electron chi connectivity index (χ4n) is 1.81. The molecule has 0 radical (unpaired) electrons. The zero-order chi connectivity index (χ0) is 15.2. The molecule has 1 amide bonds. The molecule has 1 atom stereocenters. The molecule has 21 heavy (non-hydrogen) atoms. The summed E-state index contributed by atoms with van der Waals surface area (Å²) in [6, 6.07) is 15.5. The molecule has 0 aliphatic carbocycles. The summed E-state index contributed by atoms with van der Waals surface area (Å²) >= 11 is 5.79. The molecule has 2 aromatic carbocycles. The zero-order valence-corrected chi connectivity index (χ0v) is 12.1. The average Bonchev–Trinajstić information content (AvgIpc) is 2.48. The third-order valence-electron chi connectivity index (χ3n) is 2.74. The van der Waals surface area contributed by atoms with Crippen molar-refractivity contribution < 1.29 is 14.3 Å². The summed E-state index contributed by atoms with van der Waals surface area (Å²) in [5, 5.41) is 3.27. The van der Waals surface area contributed by atoms with Crippen molar-refractivity contribution in [1.82, 2.24) is 0 Å². The topological polar surface area (TPSA) is 55.4 Å². The number of amides is 1. The SMILES string of the molecule is CC(=O)OC(C(=O)Nc1ccc(Cl)cc1)c1ccccc1. The van der Waals surface area contributed by atoms with Gasteiger partial charge in [0.15, 0.2) is 0 Å². The van der Waals surface area contributed by atoms with Gasteiger partial charge in [-0.15, -0.1) is 0 Å². The highest BCUT2D eigenvalue weighted by molar-refractivity contribution is 6.30. The van der Waals surface area contributed by atoms with Gasteiger partial charge in [-0.05, 0) is 24.3 Å². The van der Waals surface area contributed by atoms with Gasteiger partial charge < -0.3 is 10.1 Å². The molecule has 0 spiro atoms. The molecule has 0 aliphatic heterocycles. The lowest BCUT2D eigenvalue weighted by atomic mass is 10.1. The average molecular weight is 304 g/mol. The van der Waals surface area contributed by atoms with E-state index in [2.05, 4.69) is 5.32 Å². The van der Waals surface area contributed by atoms with E-state index in [1.54, 1.807) is 48.5 Å². The normalized spacial score (nSPS) is 11.5. The summed E-state index contributed by atoms with van der Waals surface area (Å²) in [7, 11) is 0. The van der Waals surface area contributed by atoms with Crippen LogP contribution in [0.2, 0.25) is 5.02 Å². The number of carbonyl (C=O) groups is 2. The van der Waals surface area contributed by atoms with E-state index in [0.717, 1.165) is 0 Å². The van der Waals surface area contributed by atoms with Crippen molar-refractivity contribution in [2.45, 2.75) is 13.0 Å². The van der Waals surface area contributed by atoms with E-state index in [4.69, 9.17) is 16.3 Å². The second-order valence-electron chi connectivity index (χ2n) is 4.40. The highest BCUT2D eigenvalue weighted by Crippen LogP contribution is 2.21. The van der Waals surface area contributed by atoms with Crippen LogP contribution in [0.1, 0.15) is 18.6 Å². The van der Waals surface area contributed by atoms with Crippen molar-refractivity contribution >= 4 is 29.2 Å². The Labute approximate surface area is 127 Å². The third kappa shape index (κ3) is 4.33. The van der Waals surface area contributed by atoms with Gasteiger partial charge in [0.2, 0.25) is 6.10 Å². The van der Waals surface area contributed by atoms with E-state index in [1.807, 2.05) is 6.07 Å². The molecule has 0 bridgehead atoms. The molecule has 4 nitrogen and oxygen atoms in total. The monoisotopic (exact) mass is 303 g/mol. The van der Waals surface area contributed by atoms with Crippen LogP contribution in [0.3, 0.4) is 0 Å². The van der Waals surface area contributed by atoms with Crippen molar-refractivity contribution in [2.75, 3.05) is 5.32 Å². The summed E-state index contributed by atoms with van der Waals surface area (Å²) in [6.07, 6.45) is -0.987. The smallest absolute Gasteiger partial charge is 0.303 e. The first-order valence-corrected chi connectivity index (χ1v) is 6.72. The predicted molar refractivity (Wildman–Crippen MR) is 81.0 cm³/mol. The first kappa shape index (κ1) is 15.1. The number of rotatable bonds is 4. The molecule has 108 valence electrons. The molecule has 1 unspecified atom stereocenters. The van der Waals surface area contributed by atoms with Crippen molar-refractivity contribution in [3.8, 4) is 0 Å². The van der Waals surface area contributed by atoms with Gasteiger partial charge in [-0.25, -0.2) is 0 Å². The van der Waals surface area contributed by atoms with E-state index in [1.165, 1.54) is 6.92 Å². The van der Waals surface area contributed by atoms with Crippen molar-refractivity contribution in [3.63, 3.8) is 0 Å². The predicted octanol–water partition coefficient (Wildman–Crippen LogP) is 3.58. The molecule has 1 N–H and O–H groups in total. The summed E-state index contributed by atoms with van der Waals surface area (Å²) in [4.78, 5) is 23.5. The van der Waals surface area contributed by atoms with E-state index in [0.29, 0.717) is 16.3 Å².